The van der Waals surface area contributed by atoms with Gasteiger partial charge in [0, 0.05) is 24.6 Å². The van der Waals surface area contributed by atoms with Crippen LogP contribution in [0.15, 0.2) is 54.6 Å². The molecule has 1 fully saturated rings. The van der Waals surface area contributed by atoms with Gasteiger partial charge in [0.05, 0.1) is 12.2 Å². The minimum Gasteiger partial charge on any atom is -0.457 e. The fourth-order valence-corrected chi connectivity index (χ4v) is 2.86. The van der Waals surface area contributed by atoms with Gasteiger partial charge in [0.1, 0.15) is 11.5 Å². The molecule has 2 aromatic carbocycles. The van der Waals surface area contributed by atoms with Gasteiger partial charge in [0.2, 0.25) is 0 Å². The molecule has 0 spiro atoms. The quantitative estimate of drug-likeness (QED) is 0.852. The predicted octanol–water partition coefficient (Wildman–Crippen LogP) is 3.68. The molecule has 1 saturated heterocycles. The minimum absolute atomic E-state index is 0.0902. The molecular formula is C20H23NO3. The van der Waals surface area contributed by atoms with Gasteiger partial charge in [-0.15, -0.1) is 0 Å². The summed E-state index contributed by atoms with van der Waals surface area (Å²) in [6, 6.07) is 16.9. The molecule has 2 aromatic rings. The summed E-state index contributed by atoms with van der Waals surface area (Å²) >= 11 is 0. The number of morpholine rings is 1. The molecule has 126 valence electrons. The summed E-state index contributed by atoms with van der Waals surface area (Å²) in [6.45, 7) is 6.09. The average molecular weight is 325 g/mol. The number of hydrogen-bond donors (Lipinski definition) is 1. The van der Waals surface area contributed by atoms with E-state index in [-0.39, 0.29) is 11.7 Å². The molecular weight excluding hydrogens is 302 g/mol. The molecule has 24 heavy (non-hydrogen) atoms. The SMILES string of the molecule is CC(C(=O)c1ccc(Oc2ccccc2)cc1)C1(C)CNCCO1. The number of hydrogen-bond acceptors (Lipinski definition) is 4. The fraction of sp³-hybridized carbons (Fsp3) is 0.350. The van der Waals surface area contributed by atoms with Crippen molar-refractivity contribution >= 4 is 5.78 Å². The molecule has 2 unspecified atom stereocenters. The third-order valence-electron chi connectivity index (χ3n) is 4.61. The zero-order chi connectivity index (χ0) is 17.0. The van der Waals surface area contributed by atoms with Crippen molar-refractivity contribution in [3.8, 4) is 11.5 Å². The maximum absolute atomic E-state index is 12.8. The molecule has 0 bridgehead atoms. The zero-order valence-electron chi connectivity index (χ0n) is 14.1. The van der Waals surface area contributed by atoms with Gasteiger partial charge in [0.15, 0.2) is 5.78 Å². The predicted molar refractivity (Wildman–Crippen MR) is 93.7 cm³/mol. The van der Waals surface area contributed by atoms with Gasteiger partial charge in [-0.05, 0) is 43.3 Å². The maximum atomic E-state index is 12.8. The summed E-state index contributed by atoms with van der Waals surface area (Å²) in [5.74, 6) is 1.37. The molecule has 1 aliphatic rings. The lowest BCUT2D eigenvalue weighted by Gasteiger charge is -2.38. The van der Waals surface area contributed by atoms with Gasteiger partial charge in [-0.2, -0.15) is 0 Å². The Balaban J connectivity index is 1.69. The number of carbonyl (C=O) groups is 1. The van der Waals surface area contributed by atoms with Crippen LogP contribution >= 0.6 is 0 Å². The van der Waals surface area contributed by atoms with E-state index in [2.05, 4.69) is 5.32 Å². The van der Waals surface area contributed by atoms with Crippen LogP contribution in [-0.2, 0) is 4.74 Å². The van der Waals surface area contributed by atoms with Crippen molar-refractivity contribution in [1.82, 2.24) is 5.32 Å². The van der Waals surface area contributed by atoms with Crippen molar-refractivity contribution in [2.75, 3.05) is 19.7 Å². The second-order valence-corrected chi connectivity index (χ2v) is 6.36. The summed E-state index contributed by atoms with van der Waals surface area (Å²) in [5.41, 5.74) is 0.215. The molecule has 0 aliphatic carbocycles. The van der Waals surface area contributed by atoms with Gasteiger partial charge in [-0.25, -0.2) is 0 Å². The van der Waals surface area contributed by atoms with Crippen molar-refractivity contribution in [3.63, 3.8) is 0 Å². The van der Waals surface area contributed by atoms with Crippen LogP contribution in [0.3, 0.4) is 0 Å². The first kappa shape index (κ1) is 16.7. The number of Topliss-reactive ketones (excluding diaryl/α,β-unsaturated/α-hetero) is 1. The van der Waals surface area contributed by atoms with Crippen molar-refractivity contribution < 1.29 is 14.3 Å². The lowest BCUT2D eigenvalue weighted by molar-refractivity contribution is -0.0774. The lowest BCUT2D eigenvalue weighted by Crippen LogP contribution is -2.53. The van der Waals surface area contributed by atoms with E-state index >= 15 is 0 Å². The number of para-hydroxylation sites is 1. The number of benzene rings is 2. The summed E-state index contributed by atoms with van der Waals surface area (Å²) < 4.78 is 11.6. The van der Waals surface area contributed by atoms with Crippen molar-refractivity contribution in [2.45, 2.75) is 19.4 Å². The molecule has 0 aromatic heterocycles. The van der Waals surface area contributed by atoms with Crippen LogP contribution in [0.1, 0.15) is 24.2 Å². The lowest BCUT2D eigenvalue weighted by atomic mass is 9.83. The van der Waals surface area contributed by atoms with E-state index in [1.54, 1.807) is 0 Å². The molecule has 0 saturated carbocycles. The van der Waals surface area contributed by atoms with E-state index in [1.807, 2.05) is 68.4 Å². The number of ketones is 1. The summed E-state index contributed by atoms with van der Waals surface area (Å²) in [5, 5.41) is 3.30. The minimum atomic E-state index is -0.464. The fourth-order valence-electron chi connectivity index (χ4n) is 2.86. The first-order valence-electron chi connectivity index (χ1n) is 8.30. The Kier molecular flexibility index (Phi) is 4.97. The van der Waals surface area contributed by atoms with Crippen molar-refractivity contribution in [1.29, 1.82) is 0 Å². The molecule has 1 heterocycles. The van der Waals surface area contributed by atoms with Crippen molar-refractivity contribution in [3.05, 3.63) is 60.2 Å². The maximum Gasteiger partial charge on any atom is 0.168 e. The standard InChI is InChI=1S/C20H23NO3/c1-15(20(2)14-21-12-13-23-20)19(22)16-8-10-18(11-9-16)24-17-6-4-3-5-7-17/h3-11,15,21H,12-14H2,1-2H3. The first-order valence-corrected chi connectivity index (χ1v) is 8.30. The van der Waals surface area contributed by atoms with E-state index in [0.29, 0.717) is 24.5 Å². The smallest absolute Gasteiger partial charge is 0.168 e. The first-order chi connectivity index (χ1) is 11.6. The van der Waals surface area contributed by atoms with Crippen LogP contribution < -0.4 is 10.1 Å². The number of ether oxygens (including phenoxy) is 2. The summed E-state index contributed by atoms with van der Waals surface area (Å²) in [4.78, 5) is 12.8. The Morgan fingerprint density at radius 3 is 2.42 bits per heavy atom. The summed E-state index contributed by atoms with van der Waals surface area (Å²) in [7, 11) is 0. The topological polar surface area (TPSA) is 47.6 Å². The largest absolute Gasteiger partial charge is 0.457 e. The van der Waals surface area contributed by atoms with E-state index in [1.165, 1.54) is 0 Å². The molecule has 4 heteroatoms. The zero-order valence-corrected chi connectivity index (χ0v) is 14.1. The van der Waals surface area contributed by atoms with Crippen LogP contribution in [0.4, 0.5) is 0 Å². The van der Waals surface area contributed by atoms with E-state index in [0.717, 1.165) is 12.3 Å². The molecule has 2 atom stereocenters. The Morgan fingerprint density at radius 1 is 1.12 bits per heavy atom. The third-order valence-corrected chi connectivity index (χ3v) is 4.61. The molecule has 4 nitrogen and oxygen atoms in total. The summed E-state index contributed by atoms with van der Waals surface area (Å²) in [6.07, 6.45) is 0. The van der Waals surface area contributed by atoms with Crippen LogP contribution in [0.25, 0.3) is 0 Å². The second-order valence-electron chi connectivity index (χ2n) is 6.36. The van der Waals surface area contributed by atoms with Crippen LogP contribution in [0, 0.1) is 5.92 Å². The van der Waals surface area contributed by atoms with Crippen LogP contribution in [0.2, 0.25) is 0 Å². The Labute approximate surface area is 142 Å². The van der Waals surface area contributed by atoms with Gasteiger partial charge in [-0.1, -0.05) is 25.1 Å². The van der Waals surface area contributed by atoms with E-state index < -0.39 is 5.60 Å². The van der Waals surface area contributed by atoms with Crippen LogP contribution in [-0.4, -0.2) is 31.1 Å². The van der Waals surface area contributed by atoms with E-state index in [4.69, 9.17) is 9.47 Å². The average Bonchev–Trinajstić information content (AvgIpc) is 2.63. The van der Waals surface area contributed by atoms with Gasteiger partial charge >= 0.3 is 0 Å². The van der Waals surface area contributed by atoms with Gasteiger partial charge in [0.25, 0.3) is 0 Å². The van der Waals surface area contributed by atoms with Gasteiger partial charge < -0.3 is 14.8 Å². The monoisotopic (exact) mass is 325 g/mol. The molecule has 3 rings (SSSR count). The number of rotatable bonds is 5. The molecule has 1 aliphatic heterocycles. The molecule has 0 radical (unpaired) electrons. The van der Waals surface area contributed by atoms with Gasteiger partial charge in [-0.3, -0.25) is 4.79 Å². The number of nitrogens with one attached hydrogen (secondary N) is 1. The normalized spacial score (nSPS) is 21.9. The Bertz CT molecular complexity index is 676. The Morgan fingerprint density at radius 2 is 1.79 bits per heavy atom. The van der Waals surface area contributed by atoms with E-state index in [9.17, 15) is 4.79 Å². The molecule has 1 N–H and O–H groups in total. The van der Waals surface area contributed by atoms with Crippen molar-refractivity contribution in [2.24, 2.45) is 5.92 Å². The third kappa shape index (κ3) is 3.66. The Hall–Kier alpha value is -2.17. The second kappa shape index (κ2) is 7.16. The van der Waals surface area contributed by atoms with Crippen LogP contribution in [0.5, 0.6) is 11.5 Å². The highest BCUT2D eigenvalue weighted by Gasteiger charge is 2.38. The highest BCUT2D eigenvalue weighted by molar-refractivity contribution is 5.98. The number of carbonyl (C=O) groups excluding carboxylic acids is 1. The highest BCUT2D eigenvalue weighted by atomic mass is 16.5. The highest BCUT2D eigenvalue weighted by Crippen LogP contribution is 2.28. The molecule has 0 amide bonds.